The molecule has 1 aromatic carbocycles. The number of ether oxygens (including phenoxy) is 1. The van der Waals surface area contributed by atoms with Gasteiger partial charge in [-0.25, -0.2) is 4.39 Å². The van der Waals surface area contributed by atoms with Crippen LogP contribution >= 0.6 is 15.9 Å². The second-order valence-corrected chi connectivity index (χ2v) is 4.72. The maximum absolute atomic E-state index is 13.6. The average Bonchev–Trinajstić information content (AvgIpc) is 3.02. The van der Waals surface area contributed by atoms with Gasteiger partial charge in [0, 0.05) is 10.9 Å². The van der Waals surface area contributed by atoms with Crippen molar-refractivity contribution in [3.8, 4) is 0 Å². The van der Waals surface area contributed by atoms with E-state index in [1.807, 2.05) is 13.0 Å². The Balaban J connectivity index is 2.27. The van der Waals surface area contributed by atoms with Crippen molar-refractivity contribution < 1.29 is 9.13 Å². The molecular weight excluding hydrogens is 259 g/mol. The zero-order valence-corrected chi connectivity index (χ0v) is 10.3. The molecule has 0 bridgehead atoms. The summed E-state index contributed by atoms with van der Waals surface area (Å²) in [5, 5.41) is 0.609. The van der Waals surface area contributed by atoms with Crippen LogP contribution in [0.1, 0.15) is 25.3 Å². The number of hydrogen-bond donors (Lipinski definition) is 0. The van der Waals surface area contributed by atoms with Crippen molar-refractivity contribution in [3.05, 3.63) is 35.6 Å². The van der Waals surface area contributed by atoms with Gasteiger partial charge in [-0.1, -0.05) is 34.1 Å². The molecule has 3 heteroatoms. The van der Waals surface area contributed by atoms with E-state index in [1.165, 1.54) is 6.07 Å². The molecule has 0 aromatic heterocycles. The van der Waals surface area contributed by atoms with Gasteiger partial charge in [0.1, 0.15) is 11.4 Å². The highest BCUT2D eigenvalue weighted by Gasteiger charge is 2.36. The van der Waals surface area contributed by atoms with Crippen molar-refractivity contribution in [2.24, 2.45) is 0 Å². The van der Waals surface area contributed by atoms with Crippen molar-refractivity contribution in [2.45, 2.75) is 31.5 Å². The topological polar surface area (TPSA) is 9.23 Å². The summed E-state index contributed by atoms with van der Waals surface area (Å²) in [5.41, 5.74) is 0.0840. The monoisotopic (exact) mass is 272 g/mol. The quantitative estimate of drug-likeness (QED) is 0.761. The van der Waals surface area contributed by atoms with Gasteiger partial charge in [0.2, 0.25) is 0 Å². The predicted molar refractivity (Wildman–Crippen MR) is 61.7 cm³/mol. The highest BCUT2D eigenvalue weighted by atomic mass is 79.9. The van der Waals surface area contributed by atoms with Crippen LogP contribution in [0.15, 0.2) is 24.3 Å². The second-order valence-electron chi connectivity index (χ2n) is 4.16. The lowest BCUT2D eigenvalue weighted by Gasteiger charge is -2.28. The summed E-state index contributed by atoms with van der Waals surface area (Å²) < 4.78 is 19.5. The van der Waals surface area contributed by atoms with E-state index in [9.17, 15) is 4.39 Å². The van der Waals surface area contributed by atoms with E-state index < -0.39 is 5.60 Å². The van der Waals surface area contributed by atoms with Crippen molar-refractivity contribution >= 4 is 15.9 Å². The summed E-state index contributed by atoms with van der Waals surface area (Å²) in [6.07, 6.45) is 2.50. The van der Waals surface area contributed by atoms with Crippen molar-refractivity contribution in [2.75, 3.05) is 5.33 Å². The molecule has 1 nitrogen and oxygen atoms in total. The molecule has 1 aliphatic carbocycles. The van der Waals surface area contributed by atoms with Crippen molar-refractivity contribution in [3.63, 3.8) is 0 Å². The van der Waals surface area contributed by atoms with Crippen LogP contribution in [0.3, 0.4) is 0 Å². The third-order valence-corrected chi connectivity index (χ3v) is 3.72. The lowest BCUT2D eigenvalue weighted by molar-refractivity contribution is -0.0312. The SMILES string of the molecule is CC(CBr)(OC1CC1)c1ccccc1F. The number of benzene rings is 1. The maximum Gasteiger partial charge on any atom is 0.129 e. The first-order valence-corrected chi connectivity index (χ1v) is 6.26. The summed E-state index contributed by atoms with van der Waals surface area (Å²) in [6.45, 7) is 1.93. The Morgan fingerprint density at radius 3 is 2.67 bits per heavy atom. The molecule has 1 atom stereocenters. The van der Waals surface area contributed by atoms with E-state index in [4.69, 9.17) is 4.74 Å². The minimum Gasteiger partial charge on any atom is -0.366 e. The van der Waals surface area contributed by atoms with Gasteiger partial charge in [-0.2, -0.15) is 0 Å². The fraction of sp³-hybridized carbons (Fsp3) is 0.500. The molecule has 82 valence electrons. The van der Waals surface area contributed by atoms with Gasteiger partial charge in [0.25, 0.3) is 0 Å². The smallest absolute Gasteiger partial charge is 0.129 e. The zero-order chi connectivity index (χ0) is 10.9. The summed E-state index contributed by atoms with van der Waals surface area (Å²) in [5.74, 6) is -0.194. The van der Waals surface area contributed by atoms with Gasteiger partial charge in [-0.3, -0.25) is 0 Å². The molecule has 1 aromatic rings. The Morgan fingerprint density at radius 2 is 2.13 bits per heavy atom. The molecular formula is C12H14BrFO. The van der Waals surface area contributed by atoms with Crippen LogP contribution in [-0.2, 0) is 10.3 Å². The van der Waals surface area contributed by atoms with Crippen LogP contribution in [0.2, 0.25) is 0 Å². The van der Waals surface area contributed by atoms with Crippen LogP contribution in [0.25, 0.3) is 0 Å². The first-order valence-electron chi connectivity index (χ1n) is 5.14. The largest absolute Gasteiger partial charge is 0.366 e. The van der Waals surface area contributed by atoms with E-state index >= 15 is 0 Å². The van der Waals surface area contributed by atoms with Gasteiger partial charge >= 0.3 is 0 Å². The molecule has 0 N–H and O–H groups in total. The number of halogens is 2. The molecule has 1 unspecified atom stereocenters. The first kappa shape index (κ1) is 11.1. The van der Waals surface area contributed by atoms with Gasteiger partial charge in [-0.15, -0.1) is 0 Å². The summed E-state index contributed by atoms with van der Waals surface area (Å²) in [6, 6.07) is 6.81. The van der Waals surface area contributed by atoms with Crippen LogP contribution in [-0.4, -0.2) is 11.4 Å². The van der Waals surface area contributed by atoms with E-state index in [-0.39, 0.29) is 5.82 Å². The van der Waals surface area contributed by atoms with E-state index in [0.717, 1.165) is 12.8 Å². The average molecular weight is 273 g/mol. The molecule has 1 saturated carbocycles. The van der Waals surface area contributed by atoms with E-state index in [1.54, 1.807) is 12.1 Å². The van der Waals surface area contributed by atoms with Crippen LogP contribution in [0, 0.1) is 5.82 Å². The molecule has 0 amide bonds. The summed E-state index contributed by atoms with van der Waals surface area (Å²) in [7, 11) is 0. The molecule has 2 rings (SSSR count). The molecule has 0 saturated heterocycles. The Labute approximate surface area is 97.8 Å². The van der Waals surface area contributed by atoms with Gasteiger partial charge < -0.3 is 4.74 Å². The minimum atomic E-state index is -0.549. The van der Waals surface area contributed by atoms with Gasteiger partial charge in [0.15, 0.2) is 0 Å². The summed E-state index contributed by atoms with van der Waals surface area (Å²) >= 11 is 3.41. The molecule has 1 aliphatic rings. The van der Waals surface area contributed by atoms with Crippen LogP contribution in [0.5, 0.6) is 0 Å². The Hall–Kier alpha value is -0.410. The lowest BCUT2D eigenvalue weighted by Crippen LogP contribution is -2.30. The van der Waals surface area contributed by atoms with Gasteiger partial charge in [0.05, 0.1) is 6.10 Å². The number of rotatable bonds is 4. The fourth-order valence-electron chi connectivity index (χ4n) is 1.61. The maximum atomic E-state index is 13.6. The normalized spacial score (nSPS) is 19.9. The fourth-order valence-corrected chi connectivity index (χ4v) is 2.05. The van der Waals surface area contributed by atoms with Gasteiger partial charge in [-0.05, 0) is 25.8 Å². The minimum absolute atomic E-state index is 0.194. The van der Waals surface area contributed by atoms with Crippen molar-refractivity contribution in [1.29, 1.82) is 0 Å². The Bertz CT molecular complexity index is 351. The standard InChI is InChI=1S/C12H14BrFO/c1-12(8-13,15-9-6-7-9)10-4-2-3-5-11(10)14/h2-5,9H,6-8H2,1H3. The van der Waals surface area contributed by atoms with E-state index in [0.29, 0.717) is 17.0 Å². The van der Waals surface area contributed by atoms with E-state index in [2.05, 4.69) is 15.9 Å². The number of alkyl halides is 1. The first-order chi connectivity index (χ1) is 7.15. The number of hydrogen-bond acceptors (Lipinski definition) is 1. The molecule has 0 spiro atoms. The highest BCUT2D eigenvalue weighted by molar-refractivity contribution is 9.09. The molecule has 1 fully saturated rings. The third-order valence-electron chi connectivity index (χ3n) is 2.65. The van der Waals surface area contributed by atoms with Crippen LogP contribution < -0.4 is 0 Å². The lowest BCUT2D eigenvalue weighted by atomic mass is 9.97. The molecule has 0 radical (unpaired) electrons. The second kappa shape index (κ2) is 4.22. The highest BCUT2D eigenvalue weighted by Crippen LogP contribution is 2.37. The Kier molecular flexibility index (Phi) is 3.12. The van der Waals surface area contributed by atoms with Crippen LogP contribution in [0.4, 0.5) is 4.39 Å². The zero-order valence-electron chi connectivity index (χ0n) is 8.67. The Morgan fingerprint density at radius 1 is 1.47 bits per heavy atom. The summed E-state index contributed by atoms with van der Waals surface area (Å²) in [4.78, 5) is 0. The molecule has 0 aliphatic heterocycles. The molecule has 15 heavy (non-hydrogen) atoms. The third kappa shape index (κ3) is 2.40. The van der Waals surface area contributed by atoms with Crippen molar-refractivity contribution in [1.82, 2.24) is 0 Å². The predicted octanol–water partition coefficient (Wildman–Crippen LogP) is 3.61. The molecule has 0 heterocycles.